The summed E-state index contributed by atoms with van der Waals surface area (Å²) < 4.78 is 0. The van der Waals surface area contributed by atoms with E-state index < -0.39 is 6.10 Å². The molecule has 2 N–H and O–H groups in total. The summed E-state index contributed by atoms with van der Waals surface area (Å²) in [4.78, 5) is 11.0. The second-order valence-electron chi connectivity index (χ2n) is 3.57. The minimum Gasteiger partial charge on any atom is -0.386 e. The maximum Gasteiger partial charge on any atom is 0.220 e. The molecule has 1 aromatic carbocycles. The molecule has 2 rings (SSSR count). The SMILES string of the molecule is O=C1CCC(C(O)c2ccccc2)N1. The van der Waals surface area contributed by atoms with Crippen molar-refractivity contribution in [2.24, 2.45) is 0 Å². The van der Waals surface area contributed by atoms with Crippen molar-refractivity contribution in [3.63, 3.8) is 0 Å². The number of rotatable bonds is 2. The van der Waals surface area contributed by atoms with Gasteiger partial charge in [0.15, 0.2) is 0 Å². The second-order valence-corrected chi connectivity index (χ2v) is 3.57. The normalized spacial score (nSPS) is 23.2. The molecule has 1 aliphatic rings. The van der Waals surface area contributed by atoms with Crippen molar-refractivity contribution in [1.29, 1.82) is 0 Å². The van der Waals surface area contributed by atoms with E-state index in [4.69, 9.17) is 0 Å². The van der Waals surface area contributed by atoms with Gasteiger partial charge < -0.3 is 10.4 Å². The monoisotopic (exact) mass is 191 g/mol. The van der Waals surface area contributed by atoms with Crippen LogP contribution in [0.25, 0.3) is 0 Å². The zero-order valence-corrected chi connectivity index (χ0v) is 7.81. The molecule has 0 spiro atoms. The summed E-state index contributed by atoms with van der Waals surface area (Å²) in [5, 5.41) is 12.7. The van der Waals surface area contributed by atoms with Gasteiger partial charge in [-0.05, 0) is 12.0 Å². The zero-order chi connectivity index (χ0) is 9.97. The van der Waals surface area contributed by atoms with Crippen molar-refractivity contribution in [2.75, 3.05) is 0 Å². The fourth-order valence-electron chi connectivity index (χ4n) is 1.76. The van der Waals surface area contributed by atoms with Crippen LogP contribution in [-0.2, 0) is 4.79 Å². The molecule has 1 aliphatic heterocycles. The Morgan fingerprint density at radius 2 is 2.07 bits per heavy atom. The molecule has 3 heteroatoms. The molecule has 1 heterocycles. The van der Waals surface area contributed by atoms with Crippen LogP contribution in [-0.4, -0.2) is 17.1 Å². The highest BCUT2D eigenvalue weighted by Crippen LogP contribution is 2.22. The number of aliphatic hydroxyl groups excluding tert-OH is 1. The molecule has 1 aromatic rings. The number of hydrogen-bond donors (Lipinski definition) is 2. The van der Waals surface area contributed by atoms with Crippen LogP contribution in [0.3, 0.4) is 0 Å². The van der Waals surface area contributed by atoms with Gasteiger partial charge in [-0.15, -0.1) is 0 Å². The Balaban J connectivity index is 2.09. The molecule has 2 unspecified atom stereocenters. The van der Waals surface area contributed by atoms with Crippen LogP contribution in [0.15, 0.2) is 30.3 Å². The highest BCUT2D eigenvalue weighted by atomic mass is 16.3. The minimum absolute atomic E-state index is 0.0324. The quantitative estimate of drug-likeness (QED) is 0.732. The van der Waals surface area contributed by atoms with Gasteiger partial charge in [-0.25, -0.2) is 0 Å². The van der Waals surface area contributed by atoms with E-state index >= 15 is 0 Å². The topological polar surface area (TPSA) is 49.3 Å². The maximum atomic E-state index is 11.0. The summed E-state index contributed by atoms with van der Waals surface area (Å²) in [5.41, 5.74) is 0.861. The van der Waals surface area contributed by atoms with E-state index in [-0.39, 0.29) is 11.9 Å². The number of aliphatic hydroxyl groups is 1. The number of carbonyl (C=O) groups is 1. The van der Waals surface area contributed by atoms with Crippen LogP contribution < -0.4 is 5.32 Å². The van der Waals surface area contributed by atoms with Crippen molar-refractivity contribution < 1.29 is 9.90 Å². The van der Waals surface area contributed by atoms with Crippen LogP contribution in [0, 0.1) is 0 Å². The van der Waals surface area contributed by atoms with Crippen molar-refractivity contribution in [3.8, 4) is 0 Å². The van der Waals surface area contributed by atoms with Gasteiger partial charge in [-0.1, -0.05) is 30.3 Å². The molecular formula is C11H13NO2. The van der Waals surface area contributed by atoms with Crippen LogP contribution in [0.1, 0.15) is 24.5 Å². The number of amides is 1. The van der Waals surface area contributed by atoms with E-state index in [2.05, 4.69) is 5.32 Å². The van der Waals surface area contributed by atoms with Gasteiger partial charge in [0.25, 0.3) is 0 Å². The molecule has 0 bridgehead atoms. The largest absolute Gasteiger partial charge is 0.386 e. The maximum absolute atomic E-state index is 11.0. The lowest BCUT2D eigenvalue weighted by atomic mass is 10.0. The van der Waals surface area contributed by atoms with E-state index in [1.54, 1.807) is 0 Å². The summed E-state index contributed by atoms with van der Waals surface area (Å²) in [6.45, 7) is 0. The van der Waals surface area contributed by atoms with Gasteiger partial charge in [0.05, 0.1) is 12.1 Å². The number of nitrogens with one attached hydrogen (secondary N) is 1. The lowest BCUT2D eigenvalue weighted by Gasteiger charge is -2.17. The van der Waals surface area contributed by atoms with Gasteiger partial charge in [-0.3, -0.25) is 4.79 Å². The molecule has 1 saturated heterocycles. The molecule has 74 valence electrons. The highest BCUT2D eigenvalue weighted by molar-refractivity contribution is 5.78. The number of carbonyl (C=O) groups excluding carboxylic acids is 1. The number of hydrogen-bond acceptors (Lipinski definition) is 2. The minimum atomic E-state index is -0.581. The zero-order valence-electron chi connectivity index (χ0n) is 7.81. The van der Waals surface area contributed by atoms with Gasteiger partial charge in [0.2, 0.25) is 5.91 Å². The molecule has 0 saturated carbocycles. The first-order valence-electron chi connectivity index (χ1n) is 4.80. The molecule has 0 aromatic heterocycles. The summed E-state index contributed by atoms with van der Waals surface area (Å²) in [5.74, 6) is 0.0324. The average molecular weight is 191 g/mol. The molecule has 14 heavy (non-hydrogen) atoms. The predicted octanol–water partition coefficient (Wildman–Crippen LogP) is 0.999. The van der Waals surface area contributed by atoms with Crippen LogP contribution in [0.4, 0.5) is 0 Å². The third kappa shape index (κ3) is 1.77. The molecule has 0 radical (unpaired) electrons. The lowest BCUT2D eigenvalue weighted by molar-refractivity contribution is -0.119. The van der Waals surface area contributed by atoms with Crippen molar-refractivity contribution in [2.45, 2.75) is 25.0 Å². The summed E-state index contributed by atoms with van der Waals surface area (Å²) in [7, 11) is 0. The van der Waals surface area contributed by atoms with Gasteiger partial charge in [0.1, 0.15) is 0 Å². The fourth-order valence-corrected chi connectivity index (χ4v) is 1.76. The Bertz CT molecular complexity index is 323. The Kier molecular flexibility index (Phi) is 2.50. The van der Waals surface area contributed by atoms with Crippen molar-refractivity contribution in [1.82, 2.24) is 5.32 Å². The standard InChI is InChI=1S/C11H13NO2/c13-10-7-6-9(12-10)11(14)8-4-2-1-3-5-8/h1-5,9,11,14H,6-7H2,(H,12,13). The molecular weight excluding hydrogens is 178 g/mol. The first kappa shape index (κ1) is 9.21. The molecule has 1 fully saturated rings. The Morgan fingerprint density at radius 3 is 2.64 bits per heavy atom. The van der Waals surface area contributed by atoms with E-state index in [9.17, 15) is 9.90 Å². The van der Waals surface area contributed by atoms with Crippen molar-refractivity contribution in [3.05, 3.63) is 35.9 Å². The summed E-state index contributed by atoms with van der Waals surface area (Å²) >= 11 is 0. The van der Waals surface area contributed by atoms with Crippen LogP contribution in [0.5, 0.6) is 0 Å². The second kappa shape index (κ2) is 3.80. The smallest absolute Gasteiger partial charge is 0.220 e. The number of benzene rings is 1. The first-order chi connectivity index (χ1) is 6.77. The molecule has 2 atom stereocenters. The van der Waals surface area contributed by atoms with E-state index in [1.807, 2.05) is 30.3 Å². The van der Waals surface area contributed by atoms with Gasteiger partial charge in [0, 0.05) is 6.42 Å². The van der Waals surface area contributed by atoms with E-state index in [0.29, 0.717) is 6.42 Å². The first-order valence-corrected chi connectivity index (χ1v) is 4.80. The van der Waals surface area contributed by atoms with E-state index in [1.165, 1.54) is 0 Å². The Morgan fingerprint density at radius 1 is 1.36 bits per heavy atom. The lowest BCUT2D eigenvalue weighted by Crippen LogP contribution is -2.31. The molecule has 0 aliphatic carbocycles. The van der Waals surface area contributed by atoms with Gasteiger partial charge in [-0.2, -0.15) is 0 Å². The predicted molar refractivity (Wildman–Crippen MR) is 52.6 cm³/mol. The van der Waals surface area contributed by atoms with Crippen LogP contribution in [0.2, 0.25) is 0 Å². The molecule has 3 nitrogen and oxygen atoms in total. The Labute approximate surface area is 82.8 Å². The molecule has 1 amide bonds. The van der Waals surface area contributed by atoms with Crippen molar-refractivity contribution >= 4 is 5.91 Å². The average Bonchev–Trinajstić information content (AvgIpc) is 2.65. The van der Waals surface area contributed by atoms with Crippen LogP contribution >= 0.6 is 0 Å². The third-order valence-electron chi connectivity index (χ3n) is 2.55. The third-order valence-corrected chi connectivity index (χ3v) is 2.55. The summed E-state index contributed by atoms with van der Waals surface area (Å²) in [6, 6.07) is 9.29. The van der Waals surface area contributed by atoms with E-state index in [0.717, 1.165) is 12.0 Å². The summed E-state index contributed by atoms with van der Waals surface area (Å²) in [6.07, 6.45) is 0.659. The fraction of sp³-hybridized carbons (Fsp3) is 0.364. The van der Waals surface area contributed by atoms with Gasteiger partial charge >= 0.3 is 0 Å². The highest BCUT2D eigenvalue weighted by Gasteiger charge is 2.27. The Hall–Kier alpha value is -1.35.